The minimum Gasteiger partial charge on any atom is -0.417 e. The van der Waals surface area contributed by atoms with Crippen LogP contribution in [0.1, 0.15) is 40.9 Å². The summed E-state index contributed by atoms with van der Waals surface area (Å²) in [5.74, 6) is -2.55. The summed E-state index contributed by atoms with van der Waals surface area (Å²) >= 11 is 0. The van der Waals surface area contributed by atoms with Crippen LogP contribution in [0.5, 0.6) is 0 Å². The summed E-state index contributed by atoms with van der Waals surface area (Å²) in [4.78, 5) is 24.2. The van der Waals surface area contributed by atoms with Crippen molar-refractivity contribution in [2.45, 2.75) is 24.9 Å². The van der Waals surface area contributed by atoms with E-state index in [9.17, 15) is 28.1 Å². The van der Waals surface area contributed by atoms with Crippen molar-refractivity contribution in [2.24, 2.45) is 0 Å². The Morgan fingerprint density at radius 3 is 2.77 bits per heavy atom. The molecule has 0 spiro atoms. The number of halogens is 3. The number of carbonyl (C=O) groups is 1. The van der Waals surface area contributed by atoms with Gasteiger partial charge in [0.1, 0.15) is 0 Å². The fourth-order valence-corrected chi connectivity index (χ4v) is 2.81. The maximum absolute atomic E-state index is 12.6. The molecule has 1 amide bonds. The van der Waals surface area contributed by atoms with Crippen LogP contribution >= 0.6 is 0 Å². The summed E-state index contributed by atoms with van der Waals surface area (Å²) in [6.07, 6.45) is -3.69. The average molecular weight is 370 g/mol. The van der Waals surface area contributed by atoms with Gasteiger partial charge >= 0.3 is 12.1 Å². The van der Waals surface area contributed by atoms with Gasteiger partial charge in [-0.05, 0) is 18.9 Å². The first-order valence-corrected chi connectivity index (χ1v) is 7.70. The molecule has 1 saturated heterocycles. The van der Waals surface area contributed by atoms with Gasteiger partial charge in [-0.25, -0.2) is 0 Å². The topological polar surface area (TPSA) is 102 Å². The summed E-state index contributed by atoms with van der Waals surface area (Å²) in [6, 6.07) is 5.29. The van der Waals surface area contributed by atoms with Crippen molar-refractivity contribution in [3.8, 4) is 0 Å². The monoisotopic (exact) mass is 370 g/mol. The van der Waals surface area contributed by atoms with E-state index in [0.29, 0.717) is 19.4 Å². The molecule has 1 aromatic carbocycles. The molecular formula is C15H13F3N4O4. The molecule has 1 aromatic heterocycles. The number of nitro groups is 1. The largest absolute Gasteiger partial charge is 0.470 e. The zero-order valence-corrected chi connectivity index (χ0v) is 13.3. The fraction of sp³-hybridized carbons (Fsp3) is 0.400. The van der Waals surface area contributed by atoms with E-state index in [2.05, 4.69) is 10.2 Å². The van der Waals surface area contributed by atoms with E-state index in [1.165, 1.54) is 29.2 Å². The predicted molar refractivity (Wildman–Crippen MR) is 80.3 cm³/mol. The molecular weight excluding hydrogens is 357 g/mol. The number of nitrogens with zero attached hydrogens (tertiary/aromatic N) is 4. The van der Waals surface area contributed by atoms with E-state index in [-0.39, 0.29) is 23.7 Å². The molecule has 0 N–H and O–H groups in total. The molecule has 0 saturated carbocycles. The number of piperidine rings is 1. The molecule has 2 heterocycles. The highest BCUT2D eigenvalue weighted by atomic mass is 19.4. The molecule has 0 aliphatic carbocycles. The van der Waals surface area contributed by atoms with Gasteiger partial charge < -0.3 is 9.32 Å². The van der Waals surface area contributed by atoms with Gasteiger partial charge in [0.2, 0.25) is 5.89 Å². The molecule has 8 nitrogen and oxygen atoms in total. The Morgan fingerprint density at radius 2 is 2.12 bits per heavy atom. The molecule has 11 heteroatoms. The second kappa shape index (κ2) is 6.73. The second-order valence-electron chi connectivity index (χ2n) is 5.84. The third-order valence-electron chi connectivity index (χ3n) is 4.04. The number of hydrogen-bond acceptors (Lipinski definition) is 6. The number of carbonyl (C=O) groups excluding carboxylic acids is 1. The van der Waals surface area contributed by atoms with E-state index < -0.39 is 28.8 Å². The minimum absolute atomic E-state index is 0.0982. The lowest BCUT2D eigenvalue weighted by molar-refractivity contribution is -0.384. The van der Waals surface area contributed by atoms with Crippen molar-refractivity contribution >= 4 is 11.6 Å². The highest BCUT2D eigenvalue weighted by molar-refractivity contribution is 5.94. The molecule has 1 aliphatic heterocycles. The highest BCUT2D eigenvalue weighted by Crippen LogP contribution is 2.32. The Bertz CT molecular complexity index is 836. The first kappa shape index (κ1) is 17.8. The molecule has 2 aromatic rings. The van der Waals surface area contributed by atoms with Gasteiger partial charge in [0.05, 0.1) is 10.8 Å². The number of rotatable bonds is 3. The minimum atomic E-state index is -4.72. The number of hydrogen-bond donors (Lipinski definition) is 0. The van der Waals surface area contributed by atoms with Crippen LogP contribution in [0.4, 0.5) is 18.9 Å². The first-order valence-electron chi connectivity index (χ1n) is 7.70. The number of amides is 1. The van der Waals surface area contributed by atoms with Crippen molar-refractivity contribution in [3.63, 3.8) is 0 Å². The van der Waals surface area contributed by atoms with E-state index in [1.54, 1.807) is 0 Å². The van der Waals surface area contributed by atoms with Crippen LogP contribution in [-0.4, -0.2) is 39.0 Å². The van der Waals surface area contributed by atoms with Crippen LogP contribution in [0, 0.1) is 10.1 Å². The summed E-state index contributed by atoms with van der Waals surface area (Å²) in [7, 11) is 0. The lowest BCUT2D eigenvalue weighted by Crippen LogP contribution is -2.39. The van der Waals surface area contributed by atoms with Crippen LogP contribution in [0.2, 0.25) is 0 Å². The number of benzene rings is 1. The second-order valence-corrected chi connectivity index (χ2v) is 5.84. The van der Waals surface area contributed by atoms with Crippen LogP contribution < -0.4 is 0 Å². The molecule has 0 radical (unpaired) electrons. The summed E-state index contributed by atoms with van der Waals surface area (Å²) in [6.45, 7) is 0.485. The quantitative estimate of drug-likeness (QED) is 0.608. The predicted octanol–water partition coefficient (Wildman–Crippen LogP) is 3.02. The van der Waals surface area contributed by atoms with Gasteiger partial charge in [-0.1, -0.05) is 6.07 Å². The Labute approximate surface area is 144 Å². The van der Waals surface area contributed by atoms with Crippen molar-refractivity contribution in [1.29, 1.82) is 0 Å². The van der Waals surface area contributed by atoms with E-state index in [4.69, 9.17) is 4.42 Å². The van der Waals surface area contributed by atoms with Crippen molar-refractivity contribution < 1.29 is 27.3 Å². The van der Waals surface area contributed by atoms with Gasteiger partial charge in [0.15, 0.2) is 0 Å². The third-order valence-corrected chi connectivity index (χ3v) is 4.04. The molecule has 1 atom stereocenters. The Morgan fingerprint density at radius 1 is 1.35 bits per heavy atom. The summed E-state index contributed by atoms with van der Waals surface area (Å²) in [5, 5.41) is 17.3. The standard InChI is InChI=1S/C15H13F3N4O4/c16-15(17,18)14-20-19-12(26-14)10-4-2-6-21(8-10)13(23)9-3-1-5-11(7-9)22(24)25/h1,3,5,7,10H,2,4,6,8H2. The smallest absolute Gasteiger partial charge is 0.417 e. The van der Waals surface area contributed by atoms with Gasteiger partial charge in [-0.15, -0.1) is 10.2 Å². The first-order chi connectivity index (χ1) is 12.3. The number of aromatic nitrogens is 2. The molecule has 26 heavy (non-hydrogen) atoms. The normalized spacial score (nSPS) is 18.0. The van der Waals surface area contributed by atoms with Gasteiger partial charge in [-0.3, -0.25) is 14.9 Å². The molecule has 138 valence electrons. The SMILES string of the molecule is O=C(c1cccc([N+](=O)[O-])c1)N1CCCC(c2nnc(C(F)(F)F)o2)C1. The third kappa shape index (κ3) is 3.65. The van der Waals surface area contributed by atoms with Crippen LogP contribution in [0.25, 0.3) is 0 Å². The summed E-state index contributed by atoms with van der Waals surface area (Å²) in [5.41, 5.74) is -0.0718. The lowest BCUT2D eigenvalue weighted by Gasteiger charge is -2.31. The molecule has 1 fully saturated rings. The maximum Gasteiger partial charge on any atom is 0.470 e. The number of non-ortho nitro benzene ring substituents is 1. The Kier molecular flexibility index (Phi) is 4.62. The van der Waals surface area contributed by atoms with Crippen molar-refractivity contribution in [3.05, 3.63) is 51.7 Å². The van der Waals surface area contributed by atoms with E-state index >= 15 is 0 Å². The molecule has 1 aliphatic rings. The zero-order valence-electron chi connectivity index (χ0n) is 13.3. The van der Waals surface area contributed by atoms with Crippen molar-refractivity contribution in [2.75, 3.05) is 13.1 Å². The lowest BCUT2D eigenvalue weighted by atomic mass is 9.97. The zero-order chi connectivity index (χ0) is 18.9. The highest BCUT2D eigenvalue weighted by Gasteiger charge is 2.39. The summed E-state index contributed by atoms with van der Waals surface area (Å²) < 4.78 is 42.4. The Hall–Kier alpha value is -2.98. The maximum atomic E-state index is 12.6. The van der Waals surface area contributed by atoms with Crippen molar-refractivity contribution in [1.82, 2.24) is 15.1 Å². The average Bonchev–Trinajstić information content (AvgIpc) is 3.12. The number of alkyl halides is 3. The van der Waals surface area contributed by atoms with E-state index in [1.807, 2.05) is 0 Å². The van der Waals surface area contributed by atoms with Gasteiger partial charge in [0.25, 0.3) is 11.6 Å². The molecule has 0 bridgehead atoms. The molecule has 3 rings (SSSR count). The van der Waals surface area contributed by atoms with Crippen LogP contribution in [0.3, 0.4) is 0 Å². The molecule has 1 unspecified atom stereocenters. The van der Waals surface area contributed by atoms with Gasteiger partial charge in [0, 0.05) is 30.8 Å². The fourth-order valence-electron chi connectivity index (χ4n) is 2.81. The van der Waals surface area contributed by atoms with E-state index in [0.717, 1.165) is 0 Å². The van der Waals surface area contributed by atoms with Crippen LogP contribution in [0.15, 0.2) is 28.7 Å². The number of nitro benzene ring substituents is 1. The van der Waals surface area contributed by atoms with Gasteiger partial charge in [-0.2, -0.15) is 13.2 Å². The van der Waals surface area contributed by atoms with Crippen LogP contribution in [-0.2, 0) is 6.18 Å². The number of likely N-dealkylation sites (tertiary alicyclic amines) is 1. The Balaban J connectivity index is 1.76.